The fourth-order valence-corrected chi connectivity index (χ4v) is 5.35. The molecule has 1 amide bonds. The van der Waals surface area contributed by atoms with Crippen molar-refractivity contribution in [3.63, 3.8) is 0 Å². The summed E-state index contributed by atoms with van der Waals surface area (Å²) in [5.41, 5.74) is -0.203. The van der Waals surface area contributed by atoms with Gasteiger partial charge in [-0.3, -0.25) is 4.79 Å². The third kappa shape index (κ3) is 4.27. The highest BCUT2D eigenvalue weighted by Crippen LogP contribution is 2.37. The van der Waals surface area contributed by atoms with Crippen molar-refractivity contribution < 1.29 is 28.2 Å². The van der Waals surface area contributed by atoms with Crippen LogP contribution in [-0.2, 0) is 6.18 Å². The van der Waals surface area contributed by atoms with Crippen LogP contribution in [0.25, 0.3) is 5.65 Å². The third-order valence-corrected chi connectivity index (χ3v) is 7.35. The van der Waals surface area contributed by atoms with Gasteiger partial charge < -0.3 is 24.9 Å². The summed E-state index contributed by atoms with van der Waals surface area (Å²) in [6.07, 6.45) is -3.39. The average molecular weight is 517 g/mol. The number of hydrogen-bond donors (Lipinski definition) is 2. The predicted molar refractivity (Wildman–Crippen MR) is 128 cm³/mol. The third-order valence-electron chi connectivity index (χ3n) is 7.35. The Labute approximate surface area is 210 Å². The van der Waals surface area contributed by atoms with Crippen LogP contribution in [0.15, 0.2) is 36.4 Å². The van der Waals surface area contributed by atoms with Crippen LogP contribution in [-0.4, -0.2) is 80.5 Å². The number of halogens is 3. The van der Waals surface area contributed by atoms with E-state index in [4.69, 9.17) is 10.1 Å². The SMILES string of the molecule is O=C(c1ccccc1C(F)(F)F)N1CCCCC1c1cc2nc(N3CC(O)C3)cc(N3CC(O)C3)n2n1. The number of fused-ring (bicyclic) bond motifs is 1. The van der Waals surface area contributed by atoms with Crippen LogP contribution >= 0.6 is 0 Å². The molecule has 9 nitrogen and oxygen atoms in total. The maximum atomic E-state index is 13.6. The molecule has 6 rings (SSSR count). The molecule has 1 atom stereocenters. The van der Waals surface area contributed by atoms with Crippen LogP contribution < -0.4 is 9.80 Å². The lowest BCUT2D eigenvalue weighted by atomic mass is 9.97. The standard InChI is InChI=1S/C25H27F3N6O3/c26-25(27,28)18-6-2-1-5-17(18)24(37)33-8-4-3-7-20(33)19-9-22-29-21(31-11-15(35)12-31)10-23(34(22)30-19)32-13-16(36)14-32/h1-2,5-6,9-10,15-16,20,35-36H,3-4,7-8,11-14H2. The number of carbonyl (C=O) groups excluding carboxylic acids is 1. The Hall–Kier alpha value is -3.38. The number of amides is 1. The minimum absolute atomic E-state index is 0.332. The molecular weight excluding hydrogens is 489 g/mol. The number of piperidine rings is 1. The van der Waals surface area contributed by atoms with Crippen molar-refractivity contribution in [1.82, 2.24) is 19.5 Å². The normalized spacial score (nSPS) is 21.3. The van der Waals surface area contributed by atoms with Crippen LogP contribution in [0.4, 0.5) is 24.8 Å². The highest BCUT2D eigenvalue weighted by molar-refractivity contribution is 5.96. The van der Waals surface area contributed by atoms with E-state index in [1.165, 1.54) is 23.1 Å². The van der Waals surface area contributed by atoms with Crippen molar-refractivity contribution in [3.8, 4) is 0 Å². The fraction of sp³-hybridized carbons (Fsp3) is 0.480. The molecule has 1 aromatic carbocycles. The van der Waals surface area contributed by atoms with Crippen molar-refractivity contribution in [3.05, 3.63) is 53.2 Å². The lowest BCUT2D eigenvalue weighted by Crippen LogP contribution is -2.53. The molecule has 0 saturated carbocycles. The van der Waals surface area contributed by atoms with Crippen LogP contribution in [0.5, 0.6) is 0 Å². The van der Waals surface area contributed by atoms with E-state index in [9.17, 15) is 28.2 Å². The van der Waals surface area contributed by atoms with E-state index < -0.39 is 35.9 Å². The molecule has 3 aromatic rings. The molecular formula is C25H27F3N6O3. The van der Waals surface area contributed by atoms with Gasteiger partial charge in [-0.2, -0.15) is 22.8 Å². The lowest BCUT2D eigenvalue weighted by Gasteiger charge is -2.40. The zero-order valence-corrected chi connectivity index (χ0v) is 20.0. The van der Waals surface area contributed by atoms with Gasteiger partial charge in [0.05, 0.1) is 35.1 Å². The number of aliphatic hydroxyl groups is 2. The lowest BCUT2D eigenvalue weighted by molar-refractivity contribution is -0.138. The highest BCUT2D eigenvalue weighted by Gasteiger charge is 2.39. The second-order valence-corrected chi connectivity index (χ2v) is 9.98. The number of likely N-dealkylation sites (tertiary alicyclic amines) is 1. The summed E-state index contributed by atoms with van der Waals surface area (Å²) < 4.78 is 42.6. The number of carbonyl (C=O) groups is 1. The summed E-state index contributed by atoms with van der Waals surface area (Å²) in [5.74, 6) is 0.745. The van der Waals surface area contributed by atoms with Gasteiger partial charge in [0.1, 0.15) is 11.6 Å². The summed E-state index contributed by atoms with van der Waals surface area (Å²) in [6, 6.07) is 8.04. The van der Waals surface area contributed by atoms with Crippen molar-refractivity contribution in [2.24, 2.45) is 0 Å². The van der Waals surface area contributed by atoms with Crippen LogP contribution in [0.3, 0.4) is 0 Å². The Bertz CT molecular complexity index is 1330. The first-order valence-electron chi connectivity index (χ1n) is 12.4. The Morgan fingerprint density at radius 3 is 2.38 bits per heavy atom. The Balaban J connectivity index is 1.38. The fourth-order valence-electron chi connectivity index (χ4n) is 5.35. The van der Waals surface area contributed by atoms with E-state index >= 15 is 0 Å². The number of aromatic nitrogens is 3. The second kappa shape index (κ2) is 8.88. The number of hydrogen-bond acceptors (Lipinski definition) is 7. The first-order valence-corrected chi connectivity index (χ1v) is 12.4. The first kappa shape index (κ1) is 24.0. The van der Waals surface area contributed by atoms with Gasteiger partial charge in [-0.1, -0.05) is 12.1 Å². The molecule has 2 aromatic heterocycles. The van der Waals surface area contributed by atoms with Crippen LogP contribution in [0.1, 0.15) is 46.9 Å². The molecule has 0 spiro atoms. The number of benzene rings is 1. The zero-order valence-electron chi connectivity index (χ0n) is 20.0. The molecule has 3 saturated heterocycles. The first-order chi connectivity index (χ1) is 17.7. The molecule has 3 fully saturated rings. The van der Waals surface area contributed by atoms with Gasteiger partial charge in [0, 0.05) is 44.9 Å². The number of rotatable bonds is 4. The number of anilines is 2. The monoisotopic (exact) mass is 516 g/mol. The Morgan fingerprint density at radius 1 is 0.973 bits per heavy atom. The molecule has 0 bridgehead atoms. The molecule has 3 aliphatic rings. The molecule has 0 aliphatic carbocycles. The minimum Gasteiger partial charge on any atom is -0.389 e. The summed E-state index contributed by atoms with van der Waals surface area (Å²) in [4.78, 5) is 23.6. The molecule has 1 unspecified atom stereocenters. The van der Waals surface area contributed by atoms with E-state index in [0.717, 1.165) is 18.3 Å². The van der Waals surface area contributed by atoms with Gasteiger partial charge in [0.2, 0.25) is 0 Å². The summed E-state index contributed by atoms with van der Waals surface area (Å²) in [6.45, 7) is 2.15. The largest absolute Gasteiger partial charge is 0.417 e. The smallest absolute Gasteiger partial charge is 0.389 e. The summed E-state index contributed by atoms with van der Waals surface area (Å²) >= 11 is 0. The topological polar surface area (TPSA) is 97.4 Å². The van der Waals surface area contributed by atoms with Gasteiger partial charge in [-0.05, 0) is 31.4 Å². The number of aliphatic hydroxyl groups excluding tert-OH is 2. The summed E-state index contributed by atoms with van der Waals surface area (Å²) in [5, 5.41) is 24.4. The van der Waals surface area contributed by atoms with Crippen molar-refractivity contribution in [1.29, 1.82) is 0 Å². The summed E-state index contributed by atoms with van der Waals surface area (Å²) in [7, 11) is 0. The number of nitrogens with zero attached hydrogens (tertiary/aromatic N) is 6. The molecule has 3 aliphatic heterocycles. The zero-order chi connectivity index (χ0) is 25.9. The van der Waals surface area contributed by atoms with Gasteiger partial charge in [-0.25, -0.2) is 4.98 Å². The van der Waals surface area contributed by atoms with E-state index in [0.29, 0.717) is 62.7 Å². The van der Waals surface area contributed by atoms with E-state index in [1.807, 2.05) is 15.9 Å². The average Bonchev–Trinajstić information content (AvgIpc) is 3.27. The van der Waals surface area contributed by atoms with Crippen LogP contribution in [0, 0.1) is 0 Å². The maximum absolute atomic E-state index is 13.6. The van der Waals surface area contributed by atoms with E-state index in [1.54, 1.807) is 10.6 Å². The molecule has 196 valence electrons. The minimum atomic E-state index is -4.64. The predicted octanol–water partition coefficient (Wildman–Crippen LogP) is 2.48. The van der Waals surface area contributed by atoms with Gasteiger partial charge in [-0.15, -0.1) is 0 Å². The number of β-amino-alcohol motifs (C(OH)–C–C–N with tert-alkyl or cyclic N) is 2. The van der Waals surface area contributed by atoms with Crippen molar-refractivity contribution in [2.75, 3.05) is 42.5 Å². The number of alkyl halides is 3. The molecule has 37 heavy (non-hydrogen) atoms. The van der Waals surface area contributed by atoms with E-state index in [-0.39, 0.29) is 5.56 Å². The van der Waals surface area contributed by atoms with Gasteiger partial charge >= 0.3 is 6.18 Å². The Morgan fingerprint density at radius 2 is 1.68 bits per heavy atom. The van der Waals surface area contributed by atoms with Crippen LogP contribution in [0.2, 0.25) is 0 Å². The molecule has 12 heteroatoms. The van der Waals surface area contributed by atoms with Gasteiger partial charge in [0.15, 0.2) is 5.65 Å². The molecule has 5 heterocycles. The highest BCUT2D eigenvalue weighted by atomic mass is 19.4. The maximum Gasteiger partial charge on any atom is 0.417 e. The quantitative estimate of drug-likeness (QED) is 0.550. The van der Waals surface area contributed by atoms with Gasteiger partial charge in [0.25, 0.3) is 5.91 Å². The van der Waals surface area contributed by atoms with Crippen molar-refractivity contribution in [2.45, 2.75) is 43.7 Å². The second-order valence-electron chi connectivity index (χ2n) is 9.98. The Kier molecular flexibility index (Phi) is 5.75. The molecule has 0 radical (unpaired) electrons. The molecule has 2 N–H and O–H groups in total. The van der Waals surface area contributed by atoms with Crippen molar-refractivity contribution >= 4 is 23.2 Å². The van der Waals surface area contributed by atoms with E-state index in [2.05, 4.69) is 0 Å².